The van der Waals surface area contributed by atoms with Crippen LogP contribution in [0.3, 0.4) is 0 Å². The fourth-order valence-corrected chi connectivity index (χ4v) is 3.60. The lowest BCUT2D eigenvalue weighted by Crippen LogP contribution is -2.48. The monoisotopic (exact) mass is 379 g/mol. The van der Waals surface area contributed by atoms with Crippen molar-refractivity contribution in [1.82, 2.24) is 35.2 Å². The van der Waals surface area contributed by atoms with E-state index >= 15 is 0 Å². The third-order valence-corrected chi connectivity index (χ3v) is 5.27. The molecule has 1 amide bonds. The van der Waals surface area contributed by atoms with Crippen LogP contribution in [0.4, 0.5) is 0 Å². The van der Waals surface area contributed by atoms with Gasteiger partial charge in [-0.2, -0.15) is 4.98 Å². The van der Waals surface area contributed by atoms with E-state index in [-0.39, 0.29) is 11.8 Å². The van der Waals surface area contributed by atoms with Gasteiger partial charge in [0.05, 0.1) is 16.5 Å². The minimum absolute atomic E-state index is 0.0424. The van der Waals surface area contributed by atoms with E-state index in [9.17, 15) is 4.79 Å². The molecule has 9 nitrogen and oxygen atoms in total. The maximum atomic E-state index is 12.7. The molecule has 10 heteroatoms. The molecule has 0 aliphatic carbocycles. The summed E-state index contributed by atoms with van der Waals surface area (Å²) < 4.78 is 6.89. The highest BCUT2D eigenvalue weighted by atomic mass is 32.1. The molecule has 5 rings (SSSR count). The summed E-state index contributed by atoms with van der Waals surface area (Å²) in [5.41, 5.74) is 1.33. The third-order valence-electron chi connectivity index (χ3n) is 4.41. The molecule has 0 bridgehead atoms. The number of nitrogens with zero attached hydrogens (tertiary/aromatic N) is 7. The van der Waals surface area contributed by atoms with E-state index in [0.717, 1.165) is 10.6 Å². The maximum absolute atomic E-state index is 12.7. The summed E-state index contributed by atoms with van der Waals surface area (Å²) in [6.45, 7) is 1.11. The number of carbonyl (C=O) groups excluding carboxylic acids is 1. The predicted molar refractivity (Wildman–Crippen MR) is 95.4 cm³/mol. The molecule has 4 aromatic rings. The van der Waals surface area contributed by atoms with E-state index in [2.05, 4.69) is 25.7 Å². The summed E-state index contributed by atoms with van der Waals surface area (Å²) >= 11 is 1.56. The van der Waals surface area contributed by atoms with Crippen LogP contribution in [0.2, 0.25) is 0 Å². The first kappa shape index (κ1) is 15.8. The molecule has 0 N–H and O–H groups in total. The Labute approximate surface area is 157 Å². The number of hydrogen-bond acceptors (Lipinski definition) is 8. The molecule has 0 unspecified atom stereocenters. The topological polar surface area (TPSA) is 103 Å². The second-order valence-electron chi connectivity index (χ2n) is 6.15. The third kappa shape index (κ3) is 2.89. The van der Waals surface area contributed by atoms with Gasteiger partial charge >= 0.3 is 0 Å². The molecular formula is C17H13N7O2S. The number of thiophene rings is 1. The lowest BCUT2D eigenvalue weighted by atomic mass is 9.98. The van der Waals surface area contributed by atoms with Crippen LogP contribution in [-0.4, -0.2) is 54.2 Å². The van der Waals surface area contributed by atoms with Gasteiger partial charge in [0, 0.05) is 18.7 Å². The predicted octanol–water partition coefficient (Wildman–Crippen LogP) is 2.01. The van der Waals surface area contributed by atoms with Crippen LogP contribution in [-0.2, 0) is 0 Å². The molecular weight excluding hydrogens is 366 g/mol. The summed E-state index contributed by atoms with van der Waals surface area (Å²) in [4.78, 5) is 19.9. The largest absolute Gasteiger partial charge is 0.339 e. The van der Waals surface area contributed by atoms with Crippen molar-refractivity contribution in [2.45, 2.75) is 5.92 Å². The van der Waals surface area contributed by atoms with Gasteiger partial charge in [0.25, 0.3) is 5.91 Å². The molecule has 1 saturated heterocycles. The molecule has 0 saturated carbocycles. The summed E-state index contributed by atoms with van der Waals surface area (Å²) in [5, 5.41) is 17.1. The van der Waals surface area contributed by atoms with E-state index in [1.807, 2.05) is 29.6 Å². The number of aromatic nitrogens is 6. The summed E-state index contributed by atoms with van der Waals surface area (Å²) in [6, 6.07) is 11.1. The first-order valence-electron chi connectivity index (χ1n) is 8.28. The number of likely N-dealkylation sites (tertiary alicyclic amines) is 1. The standard InChI is InChI=1S/C17H13N7O2S/c25-17(11-3-1-4-13(7-11)24-10-18-21-22-24)23-8-12(9-23)16-19-15(20-26-16)14-5-2-6-27-14/h1-7,10,12H,8-9H2. The Morgan fingerprint density at radius 2 is 2.15 bits per heavy atom. The van der Waals surface area contributed by atoms with Gasteiger partial charge in [-0.25, -0.2) is 4.68 Å². The quantitative estimate of drug-likeness (QED) is 0.534. The van der Waals surface area contributed by atoms with Crippen LogP contribution in [0.5, 0.6) is 0 Å². The Morgan fingerprint density at radius 3 is 2.93 bits per heavy atom. The molecule has 1 aromatic carbocycles. The summed E-state index contributed by atoms with van der Waals surface area (Å²) in [5.74, 6) is 1.20. The van der Waals surface area contributed by atoms with E-state index < -0.39 is 0 Å². The fourth-order valence-electron chi connectivity index (χ4n) is 2.95. The van der Waals surface area contributed by atoms with Crippen molar-refractivity contribution in [3.63, 3.8) is 0 Å². The van der Waals surface area contributed by atoms with Crippen LogP contribution < -0.4 is 0 Å². The Hall–Kier alpha value is -3.40. The highest BCUT2D eigenvalue weighted by Gasteiger charge is 2.36. The van der Waals surface area contributed by atoms with Crippen LogP contribution in [0.25, 0.3) is 16.4 Å². The van der Waals surface area contributed by atoms with Crippen molar-refractivity contribution in [2.75, 3.05) is 13.1 Å². The van der Waals surface area contributed by atoms with Gasteiger partial charge in [0.2, 0.25) is 11.7 Å². The van der Waals surface area contributed by atoms with Crippen molar-refractivity contribution < 1.29 is 9.32 Å². The van der Waals surface area contributed by atoms with Crippen LogP contribution in [0, 0.1) is 0 Å². The highest BCUT2D eigenvalue weighted by Crippen LogP contribution is 2.30. The molecule has 4 heterocycles. The minimum atomic E-state index is -0.0424. The van der Waals surface area contributed by atoms with Gasteiger partial charge in [-0.3, -0.25) is 4.79 Å². The van der Waals surface area contributed by atoms with E-state index in [0.29, 0.717) is 30.4 Å². The lowest BCUT2D eigenvalue weighted by Gasteiger charge is -2.37. The molecule has 1 aliphatic heterocycles. The van der Waals surface area contributed by atoms with Crippen LogP contribution in [0.15, 0.2) is 52.6 Å². The zero-order valence-corrected chi connectivity index (χ0v) is 14.8. The Morgan fingerprint density at radius 1 is 1.22 bits per heavy atom. The molecule has 1 fully saturated rings. The van der Waals surface area contributed by atoms with E-state index in [4.69, 9.17) is 4.52 Å². The van der Waals surface area contributed by atoms with Gasteiger partial charge < -0.3 is 9.42 Å². The van der Waals surface area contributed by atoms with E-state index in [1.165, 1.54) is 11.0 Å². The fraction of sp³-hybridized carbons (Fsp3) is 0.176. The molecule has 0 spiro atoms. The number of carbonyl (C=O) groups is 1. The molecule has 0 radical (unpaired) electrons. The average molecular weight is 379 g/mol. The molecule has 1 aliphatic rings. The van der Waals surface area contributed by atoms with Gasteiger partial charge in [-0.15, -0.1) is 16.4 Å². The van der Waals surface area contributed by atoms with Gasteiger partial charge in [0.1, 0.15) is 6.33 Å². The Bertz CT molecular complexity index is 1070. The molecule has 134 valence electrons. The minimum Gasteiger partial charge on any atom is -0.339 e. The van der Waals surface area contributed by atoms with Gasteiger partial charge in [-0.1, -0.05) is 17.3 Å². The van der Waals surface area contributed by atoms with Crippen molar-refractivity contribution in [2.24, 2.45) is 0 Å². The number of tetrazole rings is 1. The van der Waals surface area contributed by atoms with Gasteiger partial charge in [0.15, 0.2) is 0 Å². The van der Waals surface area contributed by atoms with Crippen molar-refractivity contribution in [3.8, 4) is 16.4 Å². The van der Waals surface area contributed by atoms with Gasteiger partial charge in [-0.05, 0) is 40.1 Å². The second kappa shape index (κ2) is 6.40. The first-order valence-corrected chi connectivity index (χ1v) is 9.16. The summed E-state index contributed by atoms with van der Waals surface area (Å²) in [7, 11) is 0. The zero-order valence-electron chi connectivity index (χ0n) is 14.0. The normalized spacial score (nSPS) is 14.3. The second-order valence-corrected chi connectivity index (χ2v) is 7.09. The number of hydrogen-bond donors (Lipinski definition) is 0. The number of rotatable bonds is 4. The number of benzene rings is 1. The van der Waals surface area contributed by atoms with Crippen LogP contribution in [0.1, 0.15) is 22.2 Å². The lowest BCUT2D eigenvalue weighted by molar-refractivity contribution is 0.0569. The van der Waals surface area contributed by atoms with Crippen molar-refractivity contribution >= 4 is 17.2 Å². The SMILES string of the molecule is O=C(c1cccc(-n2cnnn2)c1)N1CC(c2nc(-c3cccs3)no2)C1. The molecule has 27 heavy (non-hydrogen) atoms. The number of amides is 1. The Balaban J connectivity index is 1.27. The maximum Gasteiger partial charge on any atom is 0.253 e. The summed E-state index contributed by atoms with van der Waals surface area (Å²) in [6.07, 6.45) is 1.49. The van der Waals surface area contributed by atoms with Crippen molar-refractivity contribution in [3.05, 3.63) is 59.6 Å². The first-order chi connectivity index (χ1) is 13.3. The van der Waals surface area contributed by atoms with Crippen molar-refractivity contribution in [1.29, 1.82) is 0 Å². The zero-order chi connectivity index (χ0) is 18.2. The molecule has 3 aromatic heterocycles. The average Bonchev–Trinajstić information content (AvgIpc) is 3.41. The van der Waals surface area contributed by atoms with Crippen LogP contribution >= 0.6 is 11.3 Å². The Kier molecular flexibility index (Phi) is 3.75. The highest BCUT2D eigenvalue weighted by molar-refractivity contribution is 7.13. The smallest absolute Gasteiger partial charge is 0.253 e. The molecule has 0 atom stereocenters. The van der Waals surface area contributed by atoms with E-state index in [1.54, 1.807) is 28.4 Å².